The average Bonchev–Trinajstić information content (AvgIpc) is 2.40. The standard InChI is InChI=1S/C12H6F4N2O3/c13-9-4-3-7(6-8(9)12(14,15)16)21-11-10(18(19)20)2-1-5-17-11/h1-6H. The van der Waals surface area contributed by atoms with Crippen LogP contribution in [0.5, 0.6) is 11.6 Å². The Morgan fingerprint density at radius 1 is 1.24 bits per heavy atom. The van der Waals surface area contributed by atoms with Crippen molar-refractivity contribution in [2.24, 2.45) is 0 Å². The van der Waals surface area contributed by atoms with Gasteiger partial charge in [-0.1, -0.05) is 0 Å². The first-order chi connectivity index (χ1) is 9.79. The van der Waals surface area contributed by atoms with Crippen LogP contribution in [0.2, 0.25) is 0 Å². The zero-order valence-corrected chi connectivity index (χ0v) is 10.1. The van der Waals surface area contributed by atoms with Gasteiger partial charge in [0.2, 0.25) is 0 Å². The molecule has 0 aliphatic rings. The number of rotatable bonds is 3. The lowest BCUT2D eigenvalue weighted by atomic mass is 10.2. The molecule has 110 valence electrons. The summed E-state index contributed by atoms with van der Waals surface area (Å²) in [5.74, 6) is -2.36. The van der Waals surface area contributed by atoms with Crippen LogP contribution in [0.4, 0.5) is 23.2 Å². The van der Waals surface area contributed by atoms with Crippen molar-refractivity contribution in [2.45, 2.75) is 6.18 Å². The van der Waals surface area contributed by atoms with E-state index < -0.39 is 39.8 Å². The maximum Gasteiger partial charge on any atom is 0.419 e. The van der Waals surface area contributed by atoms with Gasteiger partial charge in [-0.15, -0.1) is 0 Å². The first-order valence-corrected chi connectivity index (χ1v) is 5.43. The highest BCUT2D eigenvalue weighted by Crippen LogP contribution is 2.35. The normalized spacial score (nSPS) is 11.2. The third-order valence-corrected chi connectivity index (χ3v) is 2.41. The second-order valence-corrected chi connectivity index (χ2v) is 3.83. The minimum absolute atomic E-state index is 0.410. The molecule has 0 aliphatic carbocycles. The SMILES string of the molecule is O=[N+]([O-])c1cccnc1Oc1ccc(F)c(C(F)(F)F)c1. The number of nitro groups is 1. The van der Waals surface area contributed by atoms with E-state index in [9.17, 15) is 27.7 Å². The molecule has 0 aliphatic heterocycles. The average molecular weight is 302 g/mol. The van der Waals surface area contributed by atoms with Crippen LogP contribution < -0.4 is 4.74 Å². The van der Waals surface area contributed by atoms with Crippen LogP contribution in [0.1, 0.15) is 5.56 Å². The van der Waals surface area contributed by atoms with Gasteiger partial charge in [0, 0.05) is 12.3 Å². The summed E-state index contributed by atoms with van der Waals surface area (Å²) in [5.41, 5.74) is -2.05. The van der Waals surface area contributed by atoms with Gasteiger partial charge >= 0.3 is 11.9 Å². The summed E-state index contributed by atoms with van der Waals surface area (Å²) in [6.45, 7) is 0. The zero-order chi connectivity index (χ0) is 15.6. The van der Waals surface area contributed by atoms with Gasteiger partial charge in [-0.3, -0.25) is 10.1 Å². The largest absolute Gasteiger partial charge is 0.434 e. The molecule has 0 saturated carbocycles. The van der Waals surface area contributed by atoms with E-state index in [-0.39, 0.29) is 0 Å². The number of hydrogen-bond acceptors (Lipinski definition) is 4. The quantitative estimate of drug-likeness (QED) is 0.489. The van der Waals surface area contributed by atoms with Crippen LogP contribution in [0, 0.1) is 15.9 Å². The van der Waals surface area contributed by atoms with E-state index in [0.717, 1.165) is 12.1 Å². The molecule has 5 nitrogen and oxygen atoms in total. The first-order valence-electron chi connectivity index (χ1n) is 5.43. The zero-order valence-electron chi connectivity index (χ0n) is 10.1. The van der Waals surface area contributed by atoms with E-state index in [1.807, 2.05) is 0 Å². The molecule has 0 N–H and O–H groups in total. The van der Waals surface area contributed by atoms with Crippen LogP contribution >= 0.6 is 0 Å². The number of pyridine rings is 1. The molecule has 0 fully saturated rings. The van der Waals surface area contributed by atoms with Crippen molar-refractivity contribution in [1.82, 2.24) is 4.98 Å². The molecule has 0 radical (unpaired) electrons. The molecular formula is C12H6F4N2O3. The lowest BCUT2D eigenvalue weighted by molar-refractivity contribution is -0.386. The molecule has 0 saturated heterocycles. The van der Waals surface area contributed by atoms with Crippen molar-refractivity contribution in [3.05, 3.63) is 58.0 Å². The Morgan fingerprint density at radius 3 is 2.57 bits per heavy atom. The lowest BCUT2D eigenvalue weighted by Gasteiger charge is -2.10. The summed E-state index contributed by atoms with van der Waals surface area (Å²) in [6.07, 6.45) is -3.73. The topological polar surface area (TPSA) is 65.3 Å². The summed E-state index contributed by atoms with van der Waals surface area (Å²) in [4.78, 5) is 13.5. The van der Waals surface area contributed by atoms with Crippen molar-refractivity contribution in [3.63, 3.8) is 0 Å². The molecule has 1 aromatic carbocycles. The maximum absolute atomic E-state index is 13.1. The van der Waals surface area contributed by atoms with Crippen molar-refractivity contribution < 1.29 is 27.2 Å². The number of halogens is 4. The molecule has 1 aromatic heterocycles. The van der Waals surface area contributed by atoms with Gasteiger partial charge in [-0.25, -0.2) is 9.37 Å². The highest BCUT2D eigenvalue weighted by atomic mass is 19.4. The van der Waals surface area contributed by atoms with Gasteiger partial charge in [0.15, 0.2) is 0 Å². The molecule has 0 spiro atoms. The molecular weight excluding hydrogens is 296 g/mol. The number of benzene rings is 1. The lowest BCUT2D eigenvalue weighted by Crippen LogP contribution is -2.08. The minimum Gasteiger partial charge on any atom is -0.434 e. The number of hydrogen-bond donors (Lipinski definition) is 0. The third kappa shape index (κ3) is 3.25. The van der Waals surface area contributed by atoms with E-state index in [2.05, 4.69) is 4.98 Å². The molecule has 1 heterocycles. The van der Waals surface area contributed by atoms with Crippen LogP contribution in [0.3, 0.4) is 0 Å². The van der Waals surface area contributed by atoms with Gasteiger partial charge in [-0.05, 0) is 24.3 Å². The maximum atomic E-state index is 13.1. The van der Waals surface area contributed by atoms with Crippen LogP contribution in [-0.2, 0) is 6.18 Å². The molecule has 9 heteroatoms. The second-order valence-electron chi connectivity index (χ2n) is 3.83. The number of nitrogens with zero attached hydrogens (tertiary/aromatic N) is 2. The van der Waals surface area contributed by atoms with Crippen LogP contribution in [0.15, 0.2) is 36.5 Å². The monoisotopic (exact) mass is 302 g/mol. The van der Waals surface area contributed by atoms with E-state index in [1.54, 1.807) is 0 Å². The van der Waals surface area contributed by atoms with E-state index in [4.69, 9.17) is 4.74 Å². The Labute approximate surface area is 115 Å². The molecule has 2 rings (SSSR count). The predicted octanol–water partition coefficient (Wildman–Crippen LogP) is 3.94. The predicted molar refractivity (Wildman–Crippen MR) is 62.4 cm³/mol. The van der Waals surface area contributed by atoms with E-state index in [1.165, 1.54) is 12.3 Å². The van der Waals surface area contributed by atoms with Gasteiger partial charge in [0.05, 0.1) is 10.5 Å². The van der Waals surface area contributed by atoms with E-state index in [0.29, 0.717) is 12.1 Å². The molecule has 21 heavy (non-hydrogen) atoms. The number of alkyl halides is 3. The fraction of sp³-hybridized carbons (Fsp3) is 0.0833. The Balaban J connectivity index is 2.40. The first kappa shape index (κ1) is 14.7. The van der Waals surface area contributed by atoms with Crippen LogP contribution in [0.25, 0.3) is 0 Å². The van der Waals surface area contributed by atoms with Crippen molar-refractivity contribution >= 4 is 5.69 Å². The highest BCUT2D eigenvalue weighted by Gasteiger charge is 2.34. The summed E-state index contributed by atoms with van der Waals surface area (Å²) >= 11 is 0. The smallest absolute Gasteiger partial charge is 0.419 e. The minimum atomic E-state index is -4.90. The molecule has 0 unspecified atom stereocenters. The summed E-state index contributed by atoms with van der Waals surface area (Å²) < 4.78 is 55.7. The Kier molecular flexibility index (Phi) is 3.74. The number of aromatic nitrogens is 1. The van der Waals surface area contributed by atoms with Gasteiger partial charge in [0.25, 0.3) is 5.88 Å². The van der Waals surface area contributed by atoms with Crippen molar-refractivity contribution in [3.8, 4) is 11.6 Å². The fourth-order valence-corrected chi connectivity index (χ4v) is 1.50. The van der Waals surface area contributed by atoms with Gasteiger partial charge < -0.3 is 4.74 Å². The van der Waals surface area contributed by atoms with Crippen molar-refractivity contribution in [1.29, 1.82) is 0 Å². The molecule has 2 aromatic rings. The summed E-state index contributed by atoms with van der Waals surface area (Å²) in [7, 11) is 0. The number of ether oxygens (including phenoxy) is 1. The van der Waals surface area contributed by atoms with Crippen molar-refractivity contribution in [2.75, 3.05) is 0 Å². The fourth-order valence-electron chi connectivity index (χ4n) is 1.50. The highest BCUT2D eigenvalue weighted by molar-refractivity contribution is 5.43. The van der Waals surface area contributed by atoms with E-state index >= 15 is 0 Å². The van der Waals surface area contributed by atoms with Gasteiger partial charge in [0.1, 0.15) is 11.6 Å². The summed E-state index contributed by atoms with van der Waals surface area (Å²) in [6, 6.07) is 4.25. The molecule has 0 bridgehead atoms. The van der Waals surface area contributed by atoms with Gasteiger partial charge in [-0.2, -0.15) is 13.2 Å². The molecule has 0 amide bonds. The molecule has 0 atom stereocenters. The second kappa shape index (κ2) is 5.35. The third-order valence-electron chi connectivity index (χ3n) is 2.41. The summed E-state index contributed by atoms with van der Waals surface area (Å²) in [5, 5.41) is 10.7. The Bertz CT molecular complexity index is 688. The van der Waals surface area contributed by atoms with Crippen LogP contribution in [-0.4, -0.2) is 9.91 Å². The Morgan fingerprint density at radius 2 is 1.95 bits per heavy atom. The Hall–Kier alpha value is -2.71.